The van der Waals surface area contributed by atoms with E-state index >= 15 is 0 Å². The number of aliphatic hydroxyl groups excluding tert-OH is 1. The molecule has 19 heavy (non-hydrogen) atoms. The number of carbonyl (C=O) groups is 1. The Morgan fingerprint density at radius 1 is 1.21 bits per heavy atom. The van der Waals surface area contributed by atoms with E-state index in [4.69, 9.17) is 11.6 Å². The number of hydrogen-bond donors (Lipinski definition) is 1. The molecule has 2 aromatic rings. The standard InChI is InChI=1S/C15H12ClFO2/c16-12-6-7-13(17)11(8-12)9-14(18)15(19)10-4-2-1-3-5-10/h1-8,15,19H,9H2. The molecule has 0 saturated heterocycles. The van der Waals surface area contributed by atoms with Gasteiger partial charge >= 0.3 is 0 Å². The van der Waals surface area contributed by atoms with E-state index in [1.807, 2.05) is 0 Å². The molecular weight excluding hydrogens is 267 g/mol. The van der Waals surface area contributed by atoms with E-state index in [0.717, 1.165) is 0 Å². The lowest BCUT2D eigenvalue weighted by Gasteiger charge is -2.10. The Kier molecular flexibility index (Phi) is 4.30. The largest absolute Gasteiger partial charge is 0.381 e. The normalized spacial score (nSPS) is 12.2. The van der Waals surface area contributed by atoms with Crippen molar-refractivity contribution in [3.05, 3.63) is 70.5 Å². The molecule has 1 unspecified atom stereocenters. The zero-order chi connectivity index (χ0) is 13.8. The maximum atomic E-state index is 13.5. The first kappa shape index (κ1) is 13.7. The summed E-state index contributed by atoms with van der Waals surface area (Å²) < 4.78 is 13.5. The molecule has 0 aromatic heterocycles. The molecule has 0 saturated carbocycles. The van der Waals surface area contributed by atoms with Crippen molar-refractivity contribution in [3.8, 4) is 0 Å². The maximum absolute atomic E-state index is 13.5. The molecule has 0 aliphatic carbocycles. The molecule has 2 aromatic carbocycles. The van der Waals surface area contributed by atoms with Crippen molar-refractivity contribution in [1.29, 1.82) is 0 Å². The Morgan fingerprint density at radius 2 is 1.89 bits per heavy atom. The van der Waals surface area contributed by atoms with Crippen LogP contribution in [0, 0.1) is 5.82 Å². The highest BCUT2D eigenvalue weighted by atomic mass is 35.5. The van der Waals surface area contributed by atoms with Crippen molar-refractivity contribution in [1.82, 2.24) is 0 Å². The van der Waals surface area contributed by atoms with Gasteiger partial charge in [-0.15, -0.1) is 0 Å². The average molecular weight is 279 g/mol. The van der Waals surface area contributed by atoms with Crippen molar-refractivity contribution in [2.75, 3.05) is 0 Å². The van der Waals surface area contributed by atoms with E-state index in [1.54, 1.807) is 30.3 Å². The molecule has 0 spiro atoms. The lowest BCUT2D eigenvalue weighted by atomic mass is 10.00. The van der Waals surface area contributed by atoms with Gasteiger partial charge in [0.25, 0.3) is 0 Å². The van der Waals surface area contributed by atoms with Crippen LogP contribution in [0.3, 0.4) is 0 Å². The molecule has 0 fully saturated rings. The van der Waals surface area contributed by atoms with Gasteiger partial charge in [-0.05, 0) is 29.3 Å². The second-order valence-corrected chi connectivity index (χ2v) is 4.63. The molecule has 98 valence electrons. The zero-order valence-electron chi connectivity index (χ0n) is 10.0. The van der Waals surface area contributed by atoms with E-state index in [-0.39, 0.29) is 12.0 Å². The first-order valence-electron chi connectivity index (χ1n) is 5.77. The molecule has 0 aliphatic rings. The SMILES string of the molecule is O=C(Cc1cc(Cl)ccc1F)C(O)c1ccccc1. The Hall–Kier alpha value is -1.71. The van der Waals surface area contributed by atoms with Gasteiger partial charge in [-0.2, -0.15) is 0 Å². The van der Waals surface area contributed by atoms with Crippen LogP contribution >= 0.6 is 11.6 Å². The van der Waals surface area contributed by atoms with Crippen LogP contribution in [-0.2, 0) is 11.2 Å². The molecule has 4 heteroatoms. The minimum atomic E-state index is -1.25. The molecule has 2 rings (SSSR count). The van der Waals surface area contributed by atoms with Gasteiger partial charge in [0, 0.05) is 11.4 Å². The van der Waals surface area contributed by atoms with Crippen molar-refractivity contribution in [2.45, 2.75) is 12.5 Å². The lowest BCUT2D eigenvalue weighted by Crippen LogP contribution is -2.15. The number of halogens is 2. The van der Waals surface area contributed by atoms with Crippen molar-refractivity contribution in [2.24, 2.45) is 0 Å². The summed E-state index contributed by atoms with van der Waals surface area (Å²) in [6, 6.07) is 12.6. The summed E-state index contributed by atoms with van der Waals surface area (Å²) in [6.45, 7) is 0. The van der Waals surface area contributed by atoms with E-state index in [1.165, 1.54) is 18.2 Å². The van der Waals surface area contributed by atoms with Gasteiger partial charge < -0.3 is 5.11 Å². The number of Topliss-reactive ketones (excluding diaryl/α,β-unsaturated/α-hetero) is 1. The first-order valence-corrected chi connectivity index (χ1v) is 6.15. The Bertz CT molecular complexity index is 584. The van der Waals surface area contributed by atoms with Crippen LogP contribution in [0.15, 0.2) is 48.5 Å². The fourth-order valence-electron chi connectivity index (χ4n) is 1.78. The monoisotopic (exact) mass is 278 g/mol. The fraction of sp³-hybridized carbons (Fsp3) is 0.133. The number of rotatable bonds is 4. The average Bonchev–Trinajstić information content (AvgIpc) is 2.43. The fourth-order valence-corrected chi connectivity index (χ4v) is 1.98. The molecule has 0 bridgehead atoms. The number of benzene rings is 2. The third-order valence-corrected chi connectivity index (χ3v) is 3.03. The zero-order valence-corrected chi connectivity index (χ0v) is 10.8. The maximum Gasteiger partial charge on any atom is 0.170 e. The van der Waals surface area contributed by atoms with E-state index in [0.29, 0.717) is 10.6 Å². The molecule has 0 aliphatic heterocycles. The Labute approximate surface area is 115 Å². The highest BCUT2D eigenvalue weighted by Crippen LogP contribution is 2.19. The van der Waals surface area contributed by atoms with Crippen LogP contribution in [0.1, 0.15) is 17.2 Å². The summed E-state index contributed by atoms with van der Waals surface area (Å²) >= 11 is 5.76. The number of aliphatic hydroxyl groups is 1. The number of ketones is 1. The van der Waals surface area contributed by atoms with Gasteiger partial charge in [-0.25, -0.2) is 4.39 Å². The Morgan fingerprint density at radius 3 is 2.58 bits per heavy atom. The number of carbonyl (C=O) groups excluding carboxylic acids is 1. The van der Waals surface area contributed by atoms with Gasteiger partial charge in [-0.3, -0.25) is 4.79 Å². The van der Waals surface area contributed by atoms with Crippen LogP contribution in [-0.4, -0.2) is 10.9 Å². The van der Waals surface area contributed by atoms with Crippen LogP contribution in [0.2, 0.25) is 5.02 Å². The second-order valence-electron chi connectivity index (χ2n) is 4.19. The smallest absolute Gasteiger partial charge is 0.170 e. The van der Waals surface area contributed by atoms with Crippen LogP contribution in [0.4, 0.5) is 4.39 Å². The van der Waals surface area contributed by atoms with E-state index in [9.17, 15) is 14.3 Å². The van der Waals surface area contributed by atoms with Gasteiger partial charge in [0.15, 0.2) is 5.78 Å². The van der Waals surface area contributed by atoms with Crippen LogP contribution < -0.4 is 0 Å². The predicted octanol–water partition coefficient (Wildman–Crippen LogP) is 3.32. The number of hydrogen-bond acceptors (Lipinski definition) is 2. The second kappa shape index (κ2) is 5.95. The highest BCUT2D eigenvalue weighted by Gasteiger charge is 2.18. The van der Waals surface area contributed by atoms with Crippen LogP contribution in [0.5, 0.6) is 0 Å². The third-order valence-electron chi connectivity index (χ3n) is 2.79. The summed E-state index contributed by atoms with van der Waals surface area (Å²) in [5.74, 6) is -0.967. The molecule has 0 radical (unpaired) electrons. The summed E-state index contributed by atoms with van der Waals surface area (Å²) in [4.78, 5) is 11.9. The summed E-state index contributed by atoms with van der Waals surface area (Å²) in [7, 11) is 0. The quantitative estimate of drug-likeness (QED) is 0.931. The third kappa shape index (κ3) is 3.40. The van der Waals surface area contributed by atoms with Crippen molar-refractivity contribution >= 4 is 17.4 Å². The minimum Gasteiger partial charge on any atom is -0.381 e. The molecule has 0 heterocycles. The minimum absolute atomic E-state index is 0.187. The lowest BCUT2D eigenvalue weighted by molar-refractivity contribution is -0.126. The van der Waals surface area contributed by atoms with Gasteiger partial charge in [0.1, 0.15) is 11.9 Å². The topological polar surface area (TPSA) is 37.3 Å². The van der Waals surface area contributed by atoms with Crippen molar-refractivity contribution < 1.29 is 14.3 Å². The van der Waals surface area contributed by atoms with Gasteiger partial charge in [-0.1, -0.05) is 41.9 Å². The van der Waals surface area contributed by atoms with E-state index < -0.39 is 17.7 Å². The molecule has 1 atom stereocenters. The van der Waals surface area contributed by atoms with Crippen LogP contribution in [0.25, 0.3) is 0 Å². The Balaban J connectivity index is 2.15. The highest BCUT2D eigenvalue weighted by molar-refractivity contribution is 6.30. The molecule has 1 N–H and O–H groups in total. The molecule has 2 nitrogen and oxygen atoms in total. The first-order chi connectivity index (χ1) is 9.08. The summed E-state index contributed by atoms with van der Waals surface area (Å²) in [6.07, 6.45) is -1.44. The van der Waals surface area contributed by atoms with Gasteiger partial charge in [0.2, 0.25) is 0 Å². The summed E-state index contributed by atoms with van der Waals surface area (Å²) in [5.41, 5.74) is 0.683. The van der Waals surface area contributed by atoms with E-state index in [2.05, 4.69) is 0 Å². The summed E-state index contributed by atoms with van der Waals surface area (Å²) in [5, 5.41) is 10.3. The predicted molar refractivity (Wildman–Crippen MR) is 71.5 cm³/mol. The van der Waals surface area contributed by atoms with Crippen molar-refractivity contribution in [3.63, 3.8) is 0 Å². The molecule has 0 amide bonds. The molecular formula is C15H12ClFO2. The van der Waals surface area contributed by atoms with Gasteiger partial charge in [0.05, 0.1) is 0 Å².